The number of aliphatic hydroxyl groups is 1. The molecule has 0 bridgehead atoms. The third-order valence-electron chi connectivity index (χ3n) is 2.50. The maximum Gasteiger partial charge on any atom is 0.0608 e. The van der Waals surface area contributed by atoms with E-state index < -0.39 is 5.60 Å². The van der Waals surface area contributed by atoms with E-state index in [9.17, 15) is 5.11 Å². The molecule has 3 heteroatoms. The molecule has 0 atom stereocenters. The van der Waals surface area contributed by atoms with Crippen LogP contribution in [0.15, 0.2) is 16.6 Å². The lowest BCUT2D eigenvalue weighted by Gasteiger charge is -2.18. The smallest absolute Gasteiger partial charge is 0.0608 e. The lowest BCUT2D eigenvalue weighted by atomic mass is 10.1. The lowest BCUT2D eigenvalue weighted by Crippen LogP contribution is -2.22. The molecule has 1 aromatic carbocycles. The van der Waals surface area contributed by atoms with Crippen LogP contribution in [0.2, 0.25) is 0 Å². The third-order valence-corrected chi connectivity index (χ3v) is 3.75. The van der Waals surface area contributed by atoms with Crippen LogP contribution in [0.1, 0.15) is 31.4 Å². The molecular weight excluding hydrogens is 266 g/mol. The molecule has 0 spiro atoms. The zero-order chi connectivity index (χ0) is 12.3. The summed E-state index contributed by atoms with van der Waals surface area (Å²) in [5.41, 5.74) is 2.96. The molecule has 0 unspecified atom stereocenters. The summed E-state index contributed by atoms with van der Waals surface area (Å²) >= 11 is 3.55. The highest BCUT2D eigenvalue weighted by atomic mass is 79.9. The highest BCUT2D eigenvalue weighted by Crippen LogP contribution is 2.25. The number of rotatable bonds is 4. The first-order valence-corrected chi connectivity index (χ1v) is 6.32. The molecule has 1 aromatic rings. The van der Waals surface area contributed by atoms with Gasteiger partial charge < -0.3 is 10.4 Å². The van der Waals surface area contributed by atoms with E-state index in [1.54, 1.807) is 0 Å². The first kappa shape index (κ1) is 13.5. The predicted molar refractivity (Wildman–Crippen MR) is 73.0 cm³/mol. The molecule has 0 heterocycles. The summed E-state index contributed by atoms with van der Waals surface area (Å²) < 4.78 is 1.17. The van der Waals surface area contributed by atoms with Gasteiger partial charge in [0.15, 0.2) is 0 Å². The van der Waals surface area contributed by atoms with E-state index in [2.05, 4.69) is 47.2 Å². The van der Waals surface area contributed by atoms with Gasteiger partial charge in [-0.25, -0.2) is 0 Å². The lowest BCUT2D eigenvalue weighted by molar-refractivity contribution is 0.0749. The van der Waals surface area contributed by atoms with Crippen LogP contribution in [0.3, 0.4) is 0 Å². The average Bonchev–Trinajstić information content (AvgIpc) is 2.12. The maximum absolute atomic E-state index is 9.60. The fourth-order valence-electron chi connectivity index (χ4n) is 1.56. The van der Waals surface area contributed by atoms with Gasteiger partial charge in [0.1, 0.15) is 0 Å². The number of halogens is 1. The van der Waals surface area contributed by atoms with Crippen LogP contribution in [0.5, 0.6) is 0 Å². The van der Waals surface area contributed by atoms with Crippen LogP contribution < -0.4 is 5.32 Å². The highest BCUT2D eigenvalue weighted by molar-refractivity contribution is 9.10. The van der Waals surface area contributed by atoms with Gasteiger partial charge in [-0.2, -0.15) is 0 Å². The Hall–Kier alpha value is -0.540. The summed E-state index contributed by atoms with van der Waals surface area (Å²) in [6, 6.07) is 4.23. The molecule has 90 valence electrons. The summed E-state index contributed by atoms with van der Waals surface area (Å²) in [4.78, 5) is 0. The summed E-state index contributed by atoms with van der Waals surface area (Å²) in [6.45, 7) is 8.60. The van der Waals surface area contributed by atoms with Crippen molar-refractivity contribution in [3.8, 4) is 0 Å². The van der Waals surface area contributed by atoms with Crippen molar-refractivity contribution in [2.75, 3.05) is 11.9 Å². The average molecular weight is 286 g/mol. The number of aryl methyl sites for hydroxylation is 2. The van der Waals surface area contributed by atoms with Crippen molar-refractivity contribution in [3.63, 3.8) is 0 Å². The molecule has 0 radical (unpaired) electrons. The molecule has 0 saturated carbocycles. The summed E-state index contributed by atoms with van der Waals surface area (Å²) in [5.74, 6) is 0. The third kappa shape index (κ3) is 4.14. The highest BCUT2D eigenvalue weighted by Gasteiger charge is 2.11. The molecule has 0 amide bonds. The minimum absolute atomic E-state index is 0.605. The molecule has 0 aliphatic heterocycles. The van der Waals surface area contributed by atoms with Gasteiger partial charge in [-0.3, -0.25) is 0 Å². The van der Waals surface area contributed by atoms with Crippen molar-refractivity contribution in [1.82, 2.24) is 0 Å². The van der Waals surface area contributed by atoms with Crippen LogP contribution in [0.4, 0.5) is 5.69 Å². The number of benzene rings is 1. The molecule has 0 fully saturated rings. The normalized spacial score (nSPS) is 11.6. The van der Waals surface area contributed by atoms with Gasteiger partial charge in [0.2, 0.25) is 0 Å². The maximum atomic E-state index is 9.60. The fraction of sp³-hybridized carbons (Fsp3) is 0.538. The topological polar surface area (TPSA) is 32.3 Å². The molecular formula is C13H20BrNO. The Bertz CT molecular complexity index is 346. The molecule has 1 rings (SSSR count). The molecule has 2 N–H and O–H groups in total. The number of anilines is 1. The van der Waals surface area contributed by atoms with Crippen molar-refractivity contribution in [3.05, 3.63) is 27.7 Å². The van der Waals surface area contributed by atoms with E-state index in [-0.39, 0.29) is 0 Å². The predicted octanol–water partition coefficient (Wildman–Crippen LogP) is 3.64. The van der Waals surface area contributed by atoms with E-state index >= 15 is 0 Å². The Morgan fingerprint density at radius 2 is 1.75 bits per heavy atom. The minimum atomic E-state index is -0.605. The largest absolute Gasteiger partial charge is 0.390 e. The van der Waals surface area contributed by atoms with Gasteiger partial charge in [0.05, 0.1) is 5.60 Å². The number of nitrogens with one attached hydrogen (secondary N) is 1. The molecule has 16 heavy (non-hydrogen) atoms. The van der Waals surface area contributed by atoms with Crippen molar-refractivity contribution in [2.24, 2.45) is 0 Å². The number of hydrogen-bond donors (Lipinski definition) is 2. The Kier molecular flexibility index (Phi) is 4.39. The monoisotopic (exact) mass is 285 g/mol. The van der Waals surface area contributed by atoms with E-state index in [4.69, 9.17) is 0 Å². The molecule has 0 aliphatic carbocycles. The summed E-state index contributed by atoms with van der Waals surface area (Å²) in [5, 5.41) is 12.9. The Labute approximate surface area is 106 Å². The van der Waals surface area contributed by atoms with Crippen LogP contribution >= 0.6 is 15.9 Å². The second-order valence-electron chi connectivity index (χ2n) is 4.91. The van der Waals surface area contributed by atoms with Crippen LogP contribution in [0, 0.1) is 13.8 Å². The molecule has 0 saturated heterocycles. The Morgan fingerprint density at radius 1 is 1.25 bits per heavy atom. The Balaban J connectivity index is 2.62. The van der Waals surface area contributed by atoms with Gasteiger partial charge in [0.25, 0.3) is 0 Å². The SMILES string of the molecule is Cc1cc(NCCC(C)(C)O)cc(C)c1Br. The second kappa shape index (κ2) is 5.19. The first-order chi connectivity index (χ1) is 7.29. The van der Waals surface area contributed by atoms with E-state index in [0.717, 1.165) is 18.7 Å². The summed E-state index contributed by atoms with van der Waals surface area (Å²) in [7, 11) is 0. The van der Waals surface area contributed by atoms with Crippen LogP contribution in [-0.2, 0) is 0 Å². The van der Waals surface area contributed by atoms with Crippen molar-refractivity contribution in [2.45, 2.75) is 39.7 Å². The van der Waals surface area contributed by atoms with E-state index in [1.807, 2.05) is 13.8 Å². The van der Waals surface area contributed by atoms with Crippen molar-refractivity contribution in [1.29, 1.82) is 0 Å². The Morgan fingerprint density at radius 3 is 2.19 bits per heavy atom. The van der Waals surface area contributed by atoms with Crippen molar-refractivity contribution >= 4 is 21.6 Å². The summed E-state index contributed by atoms with van der Waals surface area (Å²) in [6.07, 6.45) is 0.737. The van der Waals surface area contributed by atoms with Gasteiger partial charge in [-0.15, -0.1) is 0 Å². The molecule has 0 aromatic heterocycles. The van der Waals surface area contributed by atoms with Gasteiger partial charge >= 0.3 is 0 Å². The standard InChI is InChI=1S/C13H20BrNO/c1-9-7-11(8-10(2)12(9)14)15-6-5-13(3,4)16/h7-8,15-16H,5-6H2,1-4H3. The van der Waals surface area contributed by atoms with Gasteiger partial charge in [-0.05, 0) is 57.4 Å². The number of hydrogen-bond acceptors (Lipinski definition) is 2. The van der Waals surface area contributed by atoms with Gasteiger partial charge in [0, 0.05) is 16.7 Å². The fourth-order valence-corrected chi connectivity index (χ4v) is 1.79. The molecule has 0 aliphatic rings. The van der Waals surface area contributed by atoms with E-state index in [0.29, 0.717) is 0 Å². The molecule has 2 nitrogen and oxygen atoms in total. The second-order valence-corrected chi connectivity index (χ2v) is 5.71. The zero-order valence-corrected chi connectivity index (χ0v) is 12.0. The first-order valence-electron chi connectivity index (χ1n) is 5.52. The van der Waals surface area contributed by atoms with Crippen LogP contribution in [0.25, 0.3) is 0 Å². The van der Waals surface area contributed by atoms with E-state index in [1.165, 1.54) is 15.6 Å². The van der Waals surface area contributed by atoms with Crippen molar-refractivity contribution < 1.29 is 5.11 Å². The zero-order valence-electron chi connectivity index (χ0n) is 10.4. The quantitative estimate of drug-likeness (QED) is 0.885. The van der Waals surface area contributed by atoms with Gasteiger partial charge in [-0.1, -0.05) is 15.9 Å². The minimum Gasteiger partial charge on any atom is -0.390 e. The van der Waals surface area contributed by atoms with Crippen LogP contribution in [-0.4, -0.2) is 17.3 Å².